The number of nitrogens with one attached hydrogen (secondary N) is 1. The molecule has 0 unspecified atom stereocenters. The second-order valence-corrected chi connectivity index (χ2v) is 28.8. The fraction of sp³-hybridized carbons (Fsp3) is 0.730. The zero-order valence-corrected chi connectivity index (χ0v) is 61.3. The number of methoxy groups -OCH3 is 3. The van der Waals surface area contributed by atoms with E-state index >= 15 is 0 Å². The molecule has 0 spiro atoms. The Balaban J connectivity index is 0.941. The summed E-state index contributed by atoms with van der Waals surface area (Å²) in [5.74, 6) is -7.47. The average Bonchev–Trinajstić information content (AvgIpc) is 0.774. The highest BCUT2D eigenvalue weighted by Gasteiger charge is 2.53. The quantitative estimate of drug-likeness (QED) is 0.0529. The number of piperidine rings is 1. The summed E-state index contributed by atoms with van der Waals surface area (Å²) in [7, 11) is 4.60. The number of anilines is 1. The van der Waals surface area contributed by atoms with Crippen LogP contribution in [0, 0.1) is 29.6 Å². The summed E-state index contributed by atoms with van der Waals surface area (Å²) in [6.07, 6.45) is 11.8. The largest absolute Gasteiger partial charge is 0.459 e. The molecule has 564 valence electrons. The number of allylic oxidation sites excluding steroid dienone is 5. The van der Waals surface area contributed by atoms with E-state index in [1.165, 1.54) is 18.9 Å². The van der Waals surface area contributed by atoms with Crippen molar-refractivity contribution in [3.63, 3.8) is 0 Å². The molecule has 16 atom stereocenters. The lowest BCUT2D eigenvalue weighted by atomic mass is 9.80. The Kier molecular flexibility index (Phi) is 32.5. The fourth-order valence-corrected chi connectivity index (χ4v) is 14.6. The molecule has 7 rings (SSSR count). The number of carbonyl (C=O) groups excluding carboxylic acids is 8. The molecule has 6 heterocycles. The maximum Gasteiger partial charge on any atom is 0.407 e. The number of piperazine rings is 2. The van der Waals surface area contributed by atoms with Gasteiger partial charge in [0.1, 0.15) is 36.2 Å². The van der Waals surface area contributed by atoms with Gasteiger partial charge in [0.15, 0.2) is 5.78 Å². The summed E-state index contributed by atoms with van der Waals surface area (Å²) in [5, 5.41) is 37.7. The van der Waals surface area contributed by atoms with Crippen molar-refractivity contribution in [2.75, 3.05) is 105 Å². The SMILES string of the molecule is CO[C@H]1C[C@@H]2CC[C@@H](C)[C@@](O)(O2)C(=O)C(=O)N2CCCC[C@H]2C(=O)O[C@H]([C@H](N)C[C@@H]2CC[C@@H](OC(=O)NCc3cnc(N4CCN(C(=O)CCOCCN5CCN(C(=O)CCC(C)=O)CC5)CC4)nc3)[C@H](OC)C2)C[C@@H](OC)[C@H](C)/C=C(\C)[C@@H](O)[C@@H](O)C(=O)[C@H](C)C[C@H](C)/C=C/C=C/C=C/1C. The molecule has 4 amide bonds. The lowest BCUT2D eigenvalue weighted by molar-refractivity contribution is -0.265. The van der Waals surface area contributed by atoms with E-state index in [2.05, 4.69) is 20.2 Å². The summed E-state index contributed by atoms with van der Waals surface area (Å²) >= 11 is 0. The number of cyclic esters (lactones) is 1. The Hall–Kier alpha value is -6.40. The van der Waals surface area contributed by atoms with Crippen LogP contribution in [0.5, 0.6) is 0 Å². The van der Waals surface area contributed by atoms with Crippen molar-refractivity contribution in [1.82, 2.24) is 34.9 Å². The second kappa shape index (κ2) is 40.0. The summed E-state index contributed by atoms with van der Waals surface area (Å²) in [6.45, 7) is 18.6. The number of hydrogen-bond donors (Lipinski definition) is 5. The van der Waals surface area contributed by atoms with Crippen molar-refractivity contribution >= 4 is 53.1 Å². The van der Waals surface area contributed by atoms with E-state index < -0.39 is 114 Å². The Morgan fingerprint density at radius 3 is 2.09 bits per heavy atom. The van der Waals surface area contributed by atoms with Gasteiger partial charge in [-0.3, -0.25) is 28.9 Å². The number of nitrogens with zero attached hydrogens (tertiary/aromatic N) is 7. The fourth-order valence-electron chi connectivity index (χ4n) is 14.6. The first kappa shape index (κ1) is 81.9. The van der Waals surface area contributed by atoms with E-state index in [0.717, 1.165) is 18.7 Å². The number of ketones is 3. The third-order valence-corrected chi connectivity index (χ3v) is 21.2. The normalized spacial score (nSPS) is 32.8. The molecule has 5 aliphatic heterocycles. The first-order chi connectivity index (χ1) is 48.2. The standard InChI is InChI=1S/C74H115N9O18/c1-47-16-12-11-13-17-48(2)60(95-8)42-56-22-19-52(6)74(94,101-56)69(90)70(91)83-26-15-14-18-58(83)71(92)99-62(43-61(96-9)49(3)39-51(5)67(88)68(89)66(87)50(4)38-47)57(75)40-54-21-23-59(63(41-54)97-10)100-73(93)78-46-55-44-76-72(77-45-55)82-33-31-81(32-34-82)65(86)25-36-98-37-35-79-27-29-80(30-28-79)64(85)24-20-53(7)84/h11-13,16-17,39,44-45,47,49-50,52,54,56-63,67-68,88-89,94H,14-15,18-38,40-43,46,75H2,1-10H3,(H,78,93)/b13-11+,16-12+,48-17+,51-39+/t47-,49-,50-,52-,54+,56+,57-,58+,59-,60+,61-,62+,63-,67-,68+,74-/m1/s1. The molecule has 0 aromatic carbocycles. The summed E-state index contributed by atoms with van der Waals surface area (Å²) in [4.78, 5) is 126. The summed E-state index contributed by atoms with van der Waals surface area (Å²) in [5.41, 5.74) is 8.99. The monoisotopic (exact) mass is 1420 g/mol. The molecule has 27 heteroatoms. The van der Waals surface area contributed by atoms with Gasteiger partial charge < -0.3 is 83.9 Å². The van der Waals surface area contributed by atoms with Crippen LogP contribution >= 0.6 is 0 Å². The van der Waals surface area contributed by atoms with Crippen LogP contribution in [-0.2, 0) is 73.3 Å². The number of Topliss-reactive ketones (excluding diaryl/α,β-unsaturated/α-hetero) is 3. The zero-order chi connectivity index (χ0) is 73.5. The van der Waals surface area contributed by atoms with Crippen LogP contribution in [0.2, 0.25) is 0 Å². The number of nitrogens with two attached hydrogens (primary N) is 1. The first-order valence-corrected chi connectivity index (χ1v) is 36.5. The summed E-state index contributed by atoms with van der Waals surface area (Å²) in [6, 6.07) is -2.04. The van der Waals surface area contributed by atoms with Crippen molar-refractivity contribution in [2.24, 2.45) is 35.3 Å². The van der Waals surface area contributed by atoms with E-state index in [0.29, 0.717) is 134 Å². The van der Waals surface area contributed by atoms with E-state index in [1.807, 2.05) is 65.9 Å². The minimum atomic E-state index is -2.48. The van der Waals surface area contributed by atoms with Crippen molar-refractivity contribution in [1.29, 1.82) is 0 Å². The van der Waals surface area contributed by atoms with Crippen molar-refractivity contribution in [3.8, 4) is 0 Å². The molecular weight excluding hydrogens is 1300 g/mol. The van der Waals surface area contributed by atoms with Gasteiger partial charge in [-0.05, 0) is 108 Å². The highest BCUT2D eigenvalue weighted by Crippen LogP contribution is 2.38. The Labute approximate surface area is 596 Å². The van der Waals surface area contributed by atoms with Gasteiger partial charge in [0.25, 0.3) is 11.7 Å². The molecule has 5 fully saturated rings. The number of ether oxygens (including phenoxy) is 7. The van der Waals surface area contributed by atoms with Crippen LogP contribution in [0.3, 0.4) is 0 Å². The average molecular weight is 1420 g/mol. The molecule has 6 aliphatic rings. The van der Waals surface area contributed by atoms with E-state index in [1.54, 1.807) is 53.5 Å². The molecule has 27 nitrogen and oxygen atoms in total. The van der Waals surface area contributed by atoms with Crippen molar-refractivity contribution < 1.29 is 86.8 Å². The number of aromatic nitrogens is 2. The molecule has 2 bridgehead atoms. The molecule has 1 aromatic heterocycles. The number of rotatable bonds is 19. The number of carbonyl (C=O) groups is 8. The third kappa shape index (κ3) is 23.8. The topological polar surface area (TPSA) is 342 Å². The predicted octanol–water partition coefficient (Wildman–Crippen LogP) is 4.96. The van der Waals surface area contributed by atoms with Gasteiger partial charge >= 0.3 is 12.1 Å². The number of esters is 1. The Morgan fingerprint density at radius 2 is 1.42 bits per heavy atom. The van der Waals surface area contributed by atoms with Crippen LogP contribution in [-0.4, -0.2) is 259 Å². The molecule has 1 aliphatic carbocycles. The maximum absolute atomic E-state index is 14.8. The van der Waals surface area contributed by atoms with Crippen LogP contribution in [0.25, 0.3) is 0 Å². The van der Waals surface area contributed by atoms with Crippen LogP contribution in [0.1, 0.15) is 150 Å². The molecule has 1 aromatic rings. The minimum Gasteiger partial charge on any atom is -0.459 e. The number of fused-ring (bicyclic) bond motifs is 3. The van der Waals surface area contributed by atoms with Gasteiger partial charge in [0.05, 0.1) is 44.1 Å². The second-order valence-electron chi connectivity index (χ2n) is 28.8. The number of aliphatic hydroxyl groups excluding tert-OH is 2. The van der Waals surface area contributed by atoms with Gasteiger partial charge in [-0.2, -0.15) is 0 Å². The lowest BCUT2D eigenvalue weighted by Crippen LogP contribution is -2.61. The third-order valence-electron chi connectivity index (χ3n) is 21.2. The van der Waals surface area contributed by atoms with Gasteiger partial charge in [-0.25, -0.2) is 19.6 Å². The van der Waals surface area contributed by atoms with Gasteiger partial charge in [-0.1, -0.05) is 64.2 Å². The van der Waals surface area contributed by atoms with Gasteiger partial charge in [0.2, 0.25) is 23.5 Å². The molecule has 0 radical (unpaired) electrons. The molecule has 101 heavy (non-hydrogen) atoms. The van der Waals surface area contributed by atoms with Crippen molar-refractivity contribution in [2.45, 2.75) is 218 Å². The summed E-state index contributed by atoms with van der Waals surface area (Å²) < 4.78 is 42.3. The Bertz CT molecular complexity index is 3020. The van der Waals surface area contributed by atoms with Crippen LogP contribution < -0.4 is 16.0 Å². The predicted molar refractivity (Wildman–Crippen MR) is 375 cm³/mol. The maximum atomic E-state index is 14.8. The highest BCUT2D eigenvalue weighted by molar-refractivity contribution is 6.39. The Morgan fingerprint density at radius 1 is 0.733 bits per heavy atom. The van der Waals surface area contributed by atoms with Crippen LogP contribution in [0.15, 0.2) is 60.0 Å². The number of alkyl carbamates (subject to hydrolysis) is 1. The van der Waals surface area contributed by atoms with E-state index in [9.17, 15) is 53.7 Å². The first-order valence-electron chi connectivity index (χ1n) is 36.5. The molecule has 6 N–H and O–H groups in total. The molecule has 4 saturated heterocycles. The van der Waals surface area contributed by atoms with Crippen molar-refractivity contribution in [3.05, 3.63) is 65.6 Å². The van der Waals surface area contributed by atoms with Gasteiger partial charge in [0, 0.05) is 161 Å². The smallest absolute Gasteiger partial charge is 0.407 e. The lowest BCUT2D eigenvalue weighted by Gasteiger charge is -2.43. The van der Waals surface area contributed by atoms with Crippen LogP contribution in [0.4, 0.5) is 10.7 Å². The van der Waals surface area contributed by atoms with E-state index in [-0.39, 0.29) is 81.0 Å². The zero-order valence-electron chi connectivity index (χ0n) is 61.3. The minimum absolute atomic E-state index is 0.0131. The number of hydrogen-bond acceptors (Lipinski definition) is 23. The highest BCUT2D eigenvalue weighted by atomic mass is 16.6. The molecular formula is C74H115N9O18. The molecule has 1 saturated carbocycles. The van der Waals surface area contributed by atoms with E-state index in [4.69, 9.17) is 38.9 Å². The number of amides is 4. The number of aliphatic hydroxyl groups is 3. The van der Waals surface area contributed by atoms with Gasteiger partial charge in [-0.15, -0.1) is 0 Å².